The molecule has 0 saturated carbocycles. The molecule has 0 spiro atoms. The molecule has 1 aliphatic rings. The third-order valence-electron chi connectivity index (χ3n) is 4.40. The molecule has 22 heavy (non-hydrogen) atoms. The van der Waals surface area contributed by atoms with Gasteiger partial charge in [-0.25, -0.2) is 4.39 Å². The first-order valence-electron chi connectivity index (χ1n) is 8.01. The summed E-state index contributed by atoms with van der Waals surface area (Å²) in [5.41, 5.74) is 2.65. The molecular weight excluding hydrogens is 275 g/mol. The first-order valence-corrected chi connectivity index (χ1v) is 8.01. The zero-order valence-corrected chi connectivity index (χ0v) is 12.9. The standard InChI is InChI=1S/C19H23FN2/c20-11-12-21-13-15-22(16-14-21)19(17-7-3-1-4-8-17)18-9-5-2-6-10-18/h1-10,19H,11-16H2. The van der Waals surface area contributed by atoms with E-state index >= 15 is 0 Å². The van der Waals surface area contributed by atoms with Crippen LogP contribution in [0.15, 0.2) is 60.7 Å². The van der Waals surface area contributed by atoms with Crippen molar-refractivity contribution in [3.8, 4) is 0 Å². The minimum absolute atomic E-state index is 0.249. The van der Waals surface area contributed by atoms with Gasteiger partial charge < -0.3 is 0 Å². The molecule has 1 aliphatic heterocycles. The van der Waals surface area contributed by atoms with Crippen LogP contribution in [0.1, 0.15) is 17.2 Å². The van der Waals surface area contributed by atoms with Gasteiger partial charge in [0, 0.05) is 32.7 Å². The van der Waals surface area contributed by atoms with Crippen LogP contribution in [-0.2, 0) is 0 Å². The summed E-state index contributed by atoms with van der Waals surface area (Å²) in [6, 6.07) is 21.6. The molecule has 1 fully saturated rings. The van der Waals surface area contributed by atoms with Crippen LogP contribution in [0.5, 0.6) is 0 Å². The SMILES string of the molecule is FCCN1CCN(C(c2ccccc2)c2ccccc2)CC1. The Morgan fingerprint density at radius 3 is 1.73 bits per heavy atom. The smallest absolute Gasteiger partial charge is 0.102 e. The third-order valence-corrected chi connectivity index (χ3v) is 4.40. The van der Waals surface area contributed by atoms with Crippen LogP contribution >= 0.6 is 0 Å². The van der Waals surface area contributed by atoms with Crippen molar-refractivity contribution in [3.05, 3.63) is 71.8 Å². The van der Waals surface area contributed by atoms with E-state index in [1.54, 1.807) is 0 Å². The molecular formula is C19H23FN2. The molecule has 2 aromatic rings. The van der Waals surface area contributed by atoms with Crippen molar-refractivity contribution in [1.29, 1.82) is 0 Å². The lowest BCUT2D eigenvalue weighted by Gasteiger charge is -2.39. The van der Waals surface area contributed by atoms with E-state index in [1.165, 1.54) is 11.1 Å². The number of hydrogen-bond donors (Lipinski definition) is 0. The van der Waals surface area contributed by atoms with Crippen molar-refractivity contribution in [2.24, 2.45) is 0 Å². The van der Waals surface area contributed by atoms with E-state index in [9.17, 15) is 4.39 Å². The fourth-order valence-electron chi connectivity index (χ4n) is 3.25. The van der Waals surface area contributed by atoms with Gasteiger partial charge in [0.1, 0.15) is 6.67 Å². The maximum atomic E-state index is 12.5. The molecule has 0 atom stereocenters. The largest absolute Gasteiger partial charge is 0.298 e. The van der Waals surface area contributed by atoms with E-state index in [0.717, 1.165) is 26.2 Å². The van der Waals surface area contributed by atoms with Crippen LogP contribution in [0.3, 0.4) is 0 Å². The fourth-order valence-corrected chi connectivity index (χ4v) is 3.25. The van der Waals surface area contributed by atoms with Gasteiger partial charge in [0.25, 0.3) is 0 Å². The number of piperazine rings is 1. The van der Waals surface area contributed by atoms with Gasteiger partial charge >= 0.3 is 0 Å². The second-order valence-corrected chi connectivity index (χ2v) is 5.79. The molecule has 0 aromatic heterocycles. The summed E-state index contributed by atoms with van der Waals surface area (Å²) in [5.74, 6) is 0. The van der Waals surface area contributed by atoms with Gasteiger partial charge in [0.2, 0.25) is 0 Å². The molecule has 0 radical (unpaired) electrons. The van der Waals surface area contributed by atoms with Crippen molar-refractivity contribution in [3.63, 3.8) is 0 Å². The van der Waals surface area contributed by atoms with Gasteiger partial charge in [0.05, 0.1) is 6.04 Å². The first kappa shape index (κ1) is 15.2. The second-order valence-electron chi connectivity index (χ2n) is 5.79. The molecule has 1 heterocycles. The number of benzene rings is 2. The Labute approximate surface area is 132 Å². The van der Waals surface area contributed by atoms with Gasteiger partial charge in [0.15, 0.2) is 0 Å². The summed E-state index contributed by atoms with van der Waals surface area (Å²) in [6.45, 7) is 4.17. The van der Waals surface area contributed by atoms with Gasteiger partial charge in [-0.2, -0.15) is 0 Å². The molecule has 0 bridgehead atoms. The van der Waals surface area contributed by atoms with E-state index in [2.05, 4.69) is 70.5 Å². The number of alkyl halides is 1. The van der Waals surface area contributed by atoms with Gasteiger partial charge in [-0.15, -0.1) is 0 Å². The van der Waals surface area contributed by atoms with Gasteiger partial charge in [-0.05, 0) is 11.1 Å². The molecule has 2 nitrogen and oxygen atoms in total. The topological polar surface area (TPSA) is 6.48 Å². The number of halogens is 1. The lowest BCUT2D eigenvalue weighted by Crippen LogP contribution is -2.48. The van der Waals surface area contributed by atoms with E-state index in [1.807, 2.05) is 0 Å². The van der Waals surface area contributed by atoms with Crippen molar-refractivity contribution >= 4 is 0 Å². The van der Waals surface area contributed by atoms with Crippen molar-refractivity contribution < 1.29 is 4.39 Å². The average molecular weight is 298 g/mol. The monoisotopic (exact) mass is 298 g/mol. The van der Waals surface area contributed by atoms with Crippen LogP contribution in [0.4, 0.5) is 4.39 Å². The minimum Gasteiger partial charge on any atom is -0.298 e. The van der Waals surface area contributed by atoms with E-state index in [0.29, 0.717) is 6.54 Å². The van der Waals surface area contributed by atoms with Gasteiger partial charge in [-0.3, -0.25) is 9.80 Å². The molecule has 0 aliphatic carbocycles. The van der Waals surface area contributed by atoms with Gasteiger partial charge in [-0.1, -0.05) is 60.7 Å². The summed E-state index contributed by atoms with van der Waals surface area (Å²) in [5, 5.41) is 0. The van der Waals surface area contributed by atoms with Crippen LogP contribution in [0, 0.1) is 0 Å². The summed E-state index contributed by atoms with van der Waals surface area (Å²) in [6.07, 6.45) is 0. The zero-order valence-electron chi connectivity index (χ0n) is 12.9. The lowest BCUT2D eigenvalue weighted by atomic mass is 9.96. The Balaban J connectivity index is 1.81. The Morgan fingerprint density at radius 1 is 0.773 bits per heavy atom. The van der Waals surface area contributed by atoms with Crippen LogP contribution in [-0.4, -0.2) is 49.2 Å². The summed E-state index contributed by atoms with van der Waals surface area (Å²) >= 11 is 0. The highest BCUT2D eigenvalue weighted by atomic mass is 19.1. The molecule has 0 unspecified atom stereocenters. The van der Waals surface area contributed by atoms with E-state index < -0.39 is 0 Å². The van der Waals surface area contributed by atoms with E-state index in [-0.39, 0.29) is 12.7 Å². The Hall–Kier alpha value is -1.71. The predicted octanol–water partition coefficient (Wildman–Crippen LogP) is 3.36. The summed E-state index contributed by atoms with van der Waals surface area (Å²) < 4.78 is 12.5. The average Bonchev–Trinajstić information content (AvgIpc) is 2.59. The molecule has 116 valence electrons. The lowest BCUT2D eigenvalue weighted by molar-refractivity contribution is 0.105. The molecule has 3 heteroatoms. The van der Waals surface area contributed by atoms with Crippen LogP contribution < -0.4 is 0 Å². The maximum Gasteiger partial charge on any atom is 0.102 e. The molecule has 3 rings (SSSR count). The summed E-state index contributed by atoms with van der Waals surface area (Å²) in [4.78, 5) is 4.73. The minimum atomic E-state index is -0.249. The number of nitrogens with zero attached hydrogens (tertiary/aromatic N) is 2. The second kappa shape index (κ2) is 7.52. The number of hydrogen-bond acceptors (Lipinski definition) is 2. The zero-order chi connectivity index (χ0) is 15.2. The number of rotatable bonds is 5. The molecule has 0 amide bonds. The molecule has 1 saturated heterocycles. The van der Waals surface area contributed by atoms with Crippen LogP contribution in [0.25, 0.3) is 0 Å². The predicted molar refractivity (Wildman–Crippen MR) is 88.7 cm³/mol. The first-order chi connectivity index (χ1) is 10.9. The van der Waals surface area contributed by atoms with Crippen molar-refractivity contribution in [2.45, 2.75) is 6.04 Å². The molecule has 2 aromatic carbocycles. The highest BCUT2D eigenvalue weighted by Crippen LogP contribution is 2.29. The Bertz CT molecular complexity index is 511. The fraction of sp³-hybridized carbons (Fsp3) is 0.368. The van der Waals surface area contributed by atoms with Crippen molar-refractivity contribution in [2.75, 3.05) is 39.4 Å². The Kier molecular flexibility index (Phi) is 5.20. The quantitative estimate of drug-likeness (QED) is 0.835. The molecule has 0 N–H and O–H groups in total. The highest BCUT2D eigenvalue weighted by Gasteiger charge is 2.25. The third kappa shape index (κ3) is 3.54. The normalized spacial score (nSPS) is 17.0. The summed E-state index contributed by atoms with van der Waals surface area (Å²) in [7, 11) is 0. The Morgan fingerprint density at radius 2 is 1.27 bits per heavy atom. The maximum absolute atomic E-state index is 12.5. The van der Waals surface area contributed by atoms with Crippen molar-refractivity contribution in [1.82, 2.24) is 9.80 Å². The van der Waals surface area contributed by atoms with E-state index in [4.69, 9.17) is 0 Å². The van der Waals surface area contributed by atoms with Crippen LogP contribution in [0.2, 0.25) is 0 Å². The highest BCUT2D eigenvalue weighted by molar-refractivity contribution is 5.31.